The van der Waals surface area contributed by atoms with Gasteiger partial charge in [-0.1, -0.05) is 18.6 Å². The Bertz CT molecular complexity index is 440. The van der Waals surface area contributed by atoms with Crippen molar-refractivity contribution in [2.75, 3.05) is 13.1 Å². The molecule has 0 N–H and O–H groups in total. The molecular weight excluding hydrogens is 263 g/mol. The third-order valence-electron chi connectivity index (χ3n) is 4.73. The highest BCUT2D eigenvalue weighted by Gasteiger charge is 2.35. The van der Waals surface area contributed by atoms with Crippen molar-refractivity contribution in [3.63, 3.8) is 0 Å². The Morgan fingerprint density at radius 1 is 0.900 bits per heavy atom. The van der Waals surface area contributed by atoms with Crippen LogP contribution in [0.5, 0.6) is 0 Å². The van der Waals surface area contributed by atoms with E-state index in [4.69, 9.17) is 0 Å². The van der Waals surface area contributed by atoms with Crippen LogP contribution < -0.4 is 0 Å². The van der Waals surface area contributed by atoms with E-state index in [2.05, 4.69) is 4.90 Å². The van der Waals surface area contributed by atoms with Crippen molar-refractivity contribution >= 4 is 0 Å². The molecule has 1 saturated heterocycles. The van der Waals surface area contributed by atoms with Crippen LogP contribution in [0.2, 0.25) is 0 Å². The molecule has 3 rings (SSSR count). The molecule has 110 valence electrons. The molecule has 1 aliphatic carbocycles. The molecule has 0 bridgehead atoms. The van der Waals surface area contributed by atoms with Crippen molar-refractivity contribution in [1.29, 1.82) is 0 Å². The fourth-order valence-electron chi connectivity index (χ4n) is 3.39. The summed E-state index contributed by atoms with van der Waals surface area (Å²) in [5.74, 6) is 0.448. The Labute approximate surface area is 117 Å². The summed E-state index contributed by atoms with van der Waals surface area (Å²) in [5, 5.41) is 0. The van der Waals surface area contributed by atoms with Gasteiger partial charge < -0.3 is 4.90 Å². The minimum Gasteiger partial charge on any atom is -0.300 e. The Kier molecular flexibility index (Phi) is 3.76. The van der Waals surface area contributed by atoms with Crippen LogP contribution >= 0.6 is 0 Å². The average Bonchev–Trinajstić information content (AvgIpc) is 2.38. The molecule has 0 radical (unpaired) electrons. The van der Waals surface area contributed by atoms with Crippen molar-refractivity contribution < 1.29 is 13.2 Å². The molecule has 1 saturated carbocycles. The van der Waals surface area contributed by atoms with E-state index in [9.17, 15) is 13.2 Å². The molecule has 1 nitrogen and oxygen atoms in total. The summed E-state index contributed by atoms with van der Waals surface area (Å²) >= 11 is 0. The SMILES string of the molecule is FC(F)(F)c1ccc(C2CC(N3CCCCC3)C2)cc1. The summed E-state index contributed by atoms with van der Waals surface area (Å²) in [6, 6.07) is 6.38. The zero-order chi connectivity index (χ0) is 14.2. The van der Waals surface area contributed by atoms with Gasteiger partial charge >= 0.3 is 6.18 Å². The van der Waals surface area contributed by atoms with Crippen LogP contribution in [0.15, 0.2) is 24.3 Å². The van der Waals surface area contributed by atoms with Crippen molar-refractivity contribution in [1.82, 2.24) is 4.90 Å². The summed E-state index contributed by atoms with van der Waals surface area (Å²) < 4.78 is 37.5. The quantitative estimate of drug-likeness (QED) is 0.775. The lowest BCUT2D eigenvalue weighted by molar-refractivity contribution is -0.137. The van der Waals surface area contributed by atoms with Gasteiger partial charge in [-0.3, -0.25) is 0 Å². The van der Waals surface area contributed by atoms with Crippen LogP contribution in [0, 0.1) is 0 Å². The predicted octanol–water partition coefficient (Wildman–Crippen LogP) is 4.44. The first-order valence-electron chi connectivity index (χ1n) is 7.45. The summed E-state index contributed by atoms with van der Waals surface area (Å²) in [6.07, 6.45) is 1.90. The Hall–Kier alpha value is -1.03. The van der Waals surface area contributed by atoms with E-state index in [1.54, 1.807) is 12.1 Å². The van der Waals surface area contributed by atoms with E-state index in [-0.39, 0.29) is 0 Å². The molecule has 4 heteroatoms. The molecule has 1 aliphatic heterocycles. The van der Waals surface area contributed by atoms with Gasteiger partial charge in [0.25, 0.3) is 0 Å². The van der Waals surface area contributed by atoms with Crippen molar-refractivity contribution in [2.24, 2.45) is 0 Å². The molecule has 0 atom stereocenters. The first kappa shape index (κ1) is 13.9. The summed E-state index contributed by atoms with van der Waals surface area (Å²) in [7, 11) is 0. The van der Waals surface area contributed by atoms with E-state index in [1.165, 1.54) is 44.5 Å². The number of piperidine rings is 1. The van der Waals surface area contributed by atoms with Gasteiger partial charge in [0, 0.05) is 6.04 Å². The van der Waals surface area contributed by atoms with E-state index in [1.807, 2.05) is 0 Å². The molecule has 1 aromatic carbocycles. The molecule has 0 aromatic heterocycles. The number of likely N-dealkylation sites (tertiary alicyclic amines) is 1. The average molecular weight is 283 g/mol. The molecule has 1 heterocycles. The maximum atomic E-state index is 12.5. The highest BCUT2D eigenvalue weighted by Crippen LogP contribution is 2.41. The lowest BCUT2D eigenvalue weighted by atomic mass is 9.74. The van der Waals surface area contributed by atoms with Crippen molar-refractivity contribution in [3.05, 3.63) is 35.4 Å². The topological polar surface area (TPSA) is 3.24 Å². The van der Waals surface area contributed by atoms with Gasteiger partial charge in [-0.2, -0.15) is 13.2 Å². The highest BCUT2D eigenvalue weighted by molar-refractivity contribution is 5.29. The summed E-state index contributed by atoms with van der Waals surface area (Å²) in [4.78, 5) is 2.56. The Morgan fingerprint density at radius 2 is 1.50 bits per heavy atom. The Morgan fingerprint density at radius 3 is 2.05 bits per heavy atom. The van der Waals surface area contributed by atoms with Crippen LogP contribution in [0.4, 0.5) is 13.2 Å². The fourth-order valence-corrected chi connectivity index (χ4v) is 3.39. The molecule has 2 fully saturated rings. The number of nitrogens with zero attached hydrogens (tertiary/aromatic N) is 1. The summed E-state index contributed by atoms with van der Waals surface area (Å²) in [6.45, 7) is 2.40. The lowest BCUT2D eigenvalue weighted by Crippen LogP contribution is -2.46. The largest absolute Gasteiger partial charge is 0.416 e. The monoisotopic (exact) mass is 283 g/mol. The molecule has 20 heavy (non-hydrogen) atoms. The van der Waals surface area contributed by atoms with Crippen LogP contribution in [0.25, 0.3) is 0 Å². The van der Waals surface area contributed by atoms with Crippen molar-refractivity contribution in [2.45, 2.75) is 50.2 Å². The number of benzene rings is 1. The number of rotatable bonds is 2. The fraction of sp³-hybridized carbons (Fsp3) is 0.625. The molecule has 0 spiro atoms. The third-order valence-corrected chi connectivity index (χ3v) is 4.73. The first-order valence-corrected chi connectivity index (χ1v) is 7.45. The molecule has 2 aliphatic rings. The standard InChI is InChI=1S/C16H20F3N/c17-16(18,19)14-6-4-12(5-7-14)13-10-15(11-13)20-8-2-1-3-9-20/h4-7,13,15H,1-3,8-11H2. The maximum Gasteiger partial charge on any atom is 0.416 e. The van der Waals surface area contributed by atoms with Crippen molar-refractivity contribution in [3.8, 4) is 0 Å². The lowest BCUT2D eigenvalue weighted by Gasteiger charge is -2.44. The second-order valence-electron chi connectivity index (χ2n) is 6.04. The van der Waals surface area contributed by atoms with Gasteiger partial charge in [-0.15, -0.1) is 0 Å². The van der Waals surface area contributed by atoms with Gasteiger partial charge in [0.1, 0.15) is 0 Å². The predicted molar refractivity (Wildman–Crippen MR) is 72.6 cm³/mol. The summed E-state index contributed by atoms with van der Waals surface area (Å²) in [5.41, 5.74) is 0.513. The van der Waals surface area contributed by atoms with E-state index in [0.29, 0.717) is 12.0 Å². The molecule has 1 aromatic rings. The molecule has 0 unspecified atom stereocenters. The van der Waals surface area contributed by atoms with Crippen LogP contribution in [0.3, 0.4) is 0 Å². The number of alkyl halides is 3. The smallest absolute Gasteiger partial charge is 0.300 e. The van der Waals surface area contributed by atoms with Crippen LogP contribution in [-0.4, -0.2) is 24.0 Å². The number of halogens is 3. The molecular formula is C16H20F3N. The van der Waals surface area contributed by atoms with Gasteiger partial charge in [0.15, 0.2) is 0 Å². The van der Waals surface area contributed by atoms with Crippen LogP contribution in [-0.2, 0) is 6.18 Å². The maximum absolute atomic E-state index is 12.5. The van der Waals surface area contributed by atoms with E-state index < -0.39 is 11.7 Å². The molecule has 0 amide bonds. The van der Waals surface area contributed by atoms with Gasteiger partial charge in [-0.25, -0.2) is 0 Å². The van der Waals surface area contributed by atoms with E-state index >= 15 is 0 Å². The van der Waals surface area contributed by atoms with E-state index in [0.717, 1.165) is 18.4 Å². The first-order chi connectivity index (χ1) is 9.54. The van der Waals surface area contributed by atoms with Crippen LogP contribution in [0.1, 0.15) is 49.1 Å². The van der Waals surface area contributed by atoms with Gasteiger partial charge in [-0.05, 0) is 62.4 Å². The van der Waals surface area contributed by atoms with Gasteiger partial charge in [0.2, 0.25) is 0 Å². The minimum atomic E-state index is -4.23. The normalized spacial score (nSPS) is 28.1. The third kappa shape index (κ3) is 2.85. The zero-order valence-corrected chi connectivity index (χ0v) is 11.5. The Balaban J connectivity index is 1.57. The minimum absolute atomic E-state index is 0.448. The zero-order valence-electron chi connectivity index (χ0n) is 11.5. The number of hydrogen-bond acceptors (Lipinski definition) is 1. The number of hydrogen-bond donors (Lipinski definition) is 0. The second-order valence-corrected chi connectivity index (χ2v) is 6.04. The highest BCUT2D eigenvalue weighted by atomic mass is 19.4. The second kappa shape index (κ2) is 5.40. The van der Waals surface area contributed by atoms with Gasteiger partial charge in [0.05, 0.1) is 5.56 Å².